The molecule has 1 aliphatic rings. The van der Waals surface area contributed by atoms with E-state index in [1.54, 1.807) is 16.8 Å². The van der Waals surface area contributed by atoms with E-state index in [1.165, 1.54) is 13.4 Å². The number of hydrogen-bond acceptors (Lipinski definition) is 7. The molecule has 0 unspecified atom stereocenters. The fourth-order valence-electron chi connectivity index (χ4n) is 4.27. The Bertz CT molecular complexity index is 1480. The van der Waals surface area contributed by atoms with E-state index in [4.69, 9.17) is 37.4 Å². The molecular weight excluding hydrogens is 527 g/mol. The fourth-order valence-corrected chi connectivity index (χ4v) is 4.52. The molecule has 3 aromatic carbocycles. The summed E-state index contributed by atoms with van der Waals surface area (Å²) in [6, 6.07) is 19.5. The van der Waals surface area contributed by atoms with E-state index >= 15 is 0 Å². The Balaban J connectivity index is 1.58. The lowest BCUT2D eigenvalue weighted by Crippen LogP contribution is -2.29. The highest BCUT2D eigenvalue weighted by atomic mass is 35.5. The van der Waals surface area contributed by atoms with Crippen LogP contribution >= 0.6 is 23.2 Å². The van der Waals surface area contributed by atoms with Crippen molar-refractivity contribution in [1.82, 2.24) is 14.8 Å². The van der Waals surface area contributed by atoms with Crippen LogP contribution in [0.3, 0.4) is 0 Å². The van der Waals surface area contributed by atoms with Crippen LogP contribution in [0.25, 0.3) is 5.70 Å². The van der Waals surface area contributed by atoms with Gasteiger partial charge in [-0.15, -0.1) is 0 Å². The first-order chi connectivity index (χ1) is 18.5. The van der Waals surface area contributed by atoms with Gasteiger partial charge in [-0.3, -0.25) is 0 Å². The molecule has 1 aromatic heterocycles. The molecule has 1 atom stereocenters. The van der Waals surface area contributed by atoms with Gasteiger partial charge in [0.25, 0.3) is 0 Å². The summed E-state index contributed by atoms with van der Waals surface area (Å²) in [6.45, 7) is 2.66. The van der Waals surface area contributed by atoms with Crippen LogP contribution in [0.15, 0.2) is 78.6 Å². The van der Waals surface area contributed by atoms with Gasteiger partial charge >= 0.3 is 5.97 Å². The van der Waals surface area contributed by atoms with Crippen LogP contribution in [0, 0.1) is 0 Å². The normalized spacial score (nSPS) is 14.5. The van der Waals surface area contributed by atoms with Crippen molar-refractivity contribution in [2.24, 2.45) is 0 Å². The number of nitrogens with zero attached hydrogens (tertiary/aromatic N) is 3. The van der Waals surface area contributed by atoms with Gasteiger partial charge in [0.2, 0.25) is 5.95 Å². The summed E-state index contributed by atoms with van der Waals surface area (Å²) in [5, 5.41) is 8.88. The molecule has 38 heavy (non-hydrogen) atoms. The fraction of sp³-hybridized carbons (Fsp3) is 0.179. The third-order valence-corrected chi connectivity index (χ3v) is 6.53. The summed E-state index contributed by atoms with van der Waals surface area (Å²) in [5.41, 5.74) is 3.38. The van der Waals surface area contributed by atoms with Crippen LogP contribution in [-0.4, -0.2) is 34.5 Å². The van der Waals surface area contributed by atoms with Gasteiger partial charge < -0.3 is 19.5 Å². The van der Waals surface area contributed by atoms with E-state index in [9.17, 15) is 4.79 Å². The average molecular weight is 551 g/mol. The third-order valence-electron chi connectivity index (χ3n) is 6.03. The quantitative estimate of drug-likeness (QED) is 0.263. The first-order valence-electron chi connectivity index (χ1n) is 11.9. The van der Waals surface area contributed by atoms with Crippen molar-refractivity contribution in [2.75, 3.05) is 19.0 Å². The van der Waals surface area contributed by atoms with Gasteiger partial charge in [-0.25, -0.2) is 9.48 Å². The zero-order chi connectivity index (χ0) is 26.6. The maximum atomic E-state index is 13.2. The Labute approximate surface area is 229 Å². The van der Waals surface area contributed by atoms with Gasteiger partial charge in [-0.2, -0.15) is 10.1 Å². The molecular formula is C28H24Cl2N4O4. The van der Waals surface area contributed by atoms with E-state index in [2.05, 4.69) is 15.4 Å². The highest BCUT2D eigenvalue weighted by Crippen LogP contribution is 2.41. The van der Waals surface area contributed by atoms with E-state index in [1.807, 2.05) is 61.5 Å². The molecule has 1 N–H and O–H groups in total. The molecule has 5 rings (SSSR count). The molecule has 0 bridgehead atoms. The lowest BCUT2D eigenvalue weighted by atomic mass is 9.92. The van der Waals surface area contributed by atoms with Gasteiger partial charge in [0, 0.05) is 10.0 Å². The number of nitrogens with one attached hydrogen (secondary N) is 1. The summed E-state index contributed by atoms with van der Waals surface area (Å²) >= 11 is 12.1. The third kappa shape index (κ3) is 5.18. The van der Waals surface area contributed by atoms with Crippen molar-refractivity contribution in [3.63, 3.8) is 0 Å². The Morgan fingerprint density at radius 2 is 1.68 bits per heavy atom. The van der Waals surface area contributed by atoms with Crippen molar-refractivity contribution in [2.45, 2.75) is 19.6 Å². The Hall–Kier alpha value is -4.01. The van der Waals surface area contributed by atoms with E-state index in [0.717, 1.165) is 16.7 Å². The molecule has 0 saturated carbocycles. The van der Waals surface area contributed by atoms with Crippen LogP contribution in [0.5, 0.6) is 11.5 Å². The summed E-state index contributed by atoms with van der Waals surface area (Å²) in [5.74, 6) is 1.08. The molecule has 0 radical (unpaired) electrons. The van der Waals surface area contributed by atoms with Gasteiger partial charge in [-0.1, -0.05) is 53.5 Å². The van der Waals surface area contributed by atoms with Gasteiger partial charge in [0.15, 0.2) is 11.5 Å². The van der Waals surface area contributed by atoms with Crippen LogP contribution < -0.4 is 14.8 Å². The summed E-state index contributed by atoms with van der Waals surface area (Å²) < 4.78 is 18.9. The second-order valence-corrected chi connectivity index (χ2v) is 9.27. The standard InChI is InChI=1S/C28H24Cl2N4O4/c1-3-37-23-14-19(8-13-22(23)38-15-17-4-9-20(29)10-5-17)26-24(27(35)36-2)25(18-6-11-21(30)12-7-18)33-28-31-16-32-34(26)28/h4-14,16,26H,3,15H2,1-2H3,(H,31,32,33)/t26-/m0/s1. The number of anilines is 1. The SMILES string of the molecule is CCOc1cc([C@H]2C(C(=O)OC)=C(c3ccc(Cl)cc3)Nc3ncnn32)ccc1OCc1ccc(Cl)cc1. The number of aromatic nitrogens is 3. The van der Waals surface area contributed by atoms with E-state index in [0.29, 0.717) is 52.0 Å². The minimum absolute atomic E-state index is 0.338. The monoisotopic (exact) mass is 550 g/mol. The number of halogens is 2. The Kier molecular flexibility index (Phi) is 7.53. The van der Waals surface area contributed by atoms with E-state index in [-0.39, 0.29) is 0 Å². The zero-order valence-corrected chi connectivity index (χ0v) is 22.2. The lowest BCUT2D eigenvalue weighted by Gasteiger charge is -2.29. The average Bonchev–Trinajstić information content (AvgIpc) is 3.41. The number of hydrogen-bond donors (Lipinski definition) is 1. The van der Waals surface area contributed by atoms with Crippen molar-refractivity contribution in [3.8, 4) is 11.5 Å². The van der Waals surface area contributed by atoms with Crippen LogP contribution in [0.4, 0.5) is 5.95 Å². The Morgan fingerprint density at radius 1 is 0.974 bits per heavy atom. The number of ether oxygens (including phenoxy) is 3. The first kappa shape index (κ1) is 25.6. The van der Waals surface area contributed by atoms with Gasteiger partial charge in [0.1, 0.15) is 19.0 Å². The number of methoxy groups -OCH3 is 1. The summed E-state index contributed by atoms with van der Waals surface area (Å²) in [4.78, 5) is 17.6. The number of benzene rings is 3. The van der Waals surface area contributed by atoms with Crippen molar-refractivity contribution < 1.29 is 19.0 Å². The highest BCUT2D eigenvalue weighted by Gasteiger charge is 2.36. The first-order valence-corrected chi connectivity index (χ1v) is 12.6. The summed E-state index contributed by atoms with van der Waals surface area (Å²) in [7, 11) is 1.35. The molecule has 8 nitrogen and oxygen atoms in total. The minimum Gasteiger partial charge on any atom is -0.490 e. The molecule has 10 heteroatoms. The molecule has 1 aliphatic heterocycles. The topological polar surface area (TPSA) is 87.5 Å². The number of rotatable bonds is 8. The Morgan fingerprint density at radius 3 is 2.37 bits per heavy atom. The molecule has 194 valence electrons. The van der Waals surface area contributed by atoms with Crippen LogP contribution in [0.2, 0.25) is 10.0 Å². The maximum Gasteiger partial charge on any atom is 0.338 e. The maximum absolute atomic E-state index is 13.2. The molecule has 0 fully saturated rings. The minimum atomic E-state index is -0.642. The van der Waals surface area contributed by atoms with Gasteiger partial charge in [-0.05, 0) is 60.0 Å². The zero-order valence-electron chi connectivity index (χ0n) is 20.7. The van der Waals surface area contributed by atoms with Crippen LogP contribution in [0.1, 0.15) is 29.7 Å². The number of carbonyl (C=O) groups is 1. The molecule has 4 aromatic rings. The van der Waals surface area contributed by atoms with Crippen molar-refractivity contribution in [3.05, 3.63) is 105 Å². The summed E-state index contributed by atoms with van der Waals surface area (Å²) in [6.07, 6.45) is 1.43. The predicted octanol–water partition coefficient (Wildman–Crippen LogP) is 6.16. The van der Waals surface area contributed by atoms with Crippen molar-refractivity contribution in [1.29, 1.82) is 0 Å². The largest absolute Gasteiger partial charge is 0.490 e. The smallest absolute Gasteiger partial charge is 0.338 e. The van der Waals surface area contributed by atoms with Gasteiger partial charge in [0.05, 0.1) is 25.0 Å². The molecule has 0 spiro atoms. The molecule has 2 heterocycles. The predicted molar refractivity (Wildman–Crippen MR) is 146 cm³/mol. The number of esters is 1. The molecule has 0 aliphatic carbocycles. The lowest BCUT2D eigenvalue weighted by molar-refractivity contribution is -0.136. The second-order valence-electron chi connectivity index (χ2n) is 8.40. The number of carbonyl (C=O) groups excluding carboxylic acids is 1. The van der Waals surface area contributed by atoms with Crippen LogP contribution in [-0.2, 0) is 16.1 Å². The molecule has 0 amide bonds. The number of fused-ring (bicyclic) bond motifs is 1. The second kappa shape index (κ2) is 11.2. The molecule has 0 saturated heterocycles. The van der Waals surface area contributed by atoms with E-state index < -0.39 is 12.0 Å². The van der Waals surface area contributed by atoms with Crippen molar-refractivity contribution >= 4 is 40.8 Å². The highest BCUT2D eigenvalue weighted by molar-refractivity contribution is 6.30.